The molecule has 1 amide bonds. The number of piperidine rings is 1. The van der Waals surface area contributed by atoms with E-state index in [1.165, 1.54) is 0 Å². The maximum atomic E-state index is 12.0. The Labute approximate surface area is 119 Å². The highest BCUT2D eigenvalue weighted by atomic mass is 16.6. The lowest BCUT2D eigenvalue weighted by molar-refractivity contribution is 0.0182. The molecule has 0 saturated carbocycles. The van der Waals surface area contributed by atoms with E-state index in [0.717, 1.165) is 18.5 Å². The highest BCUT2D eigenvalue weighted by Gasteiger charge is 2.28. The highest BCUT2D eigenvalue weighted by molar-refractivity contribution is 5.68. The summed E-state index contributed by atoms with van der Waals surface area (Å²) in [4.78, 5) is 13.7. The lowest BCUT2D eigenvalue weighted by atomic mass is 10.1. The molecule has 112 valence electrons. The first kappa shape index (κ1) is 14.8. The van der Waals surface area contributed by atoms with Crippen molar-refractivity contribution in [3.8, 4) is 0 Å². The van der Waals surface area contributed by atoms with E-state index < -0.39 is 5.60 Å². The number of nitrogens with zero attached hydrogens (tertiary/aromatic N) is 3. The molecular formula is C14H23N3O3. The van der Waals surface area contributed by atoms with Gasteiger partial charge in [-0.15, -0.1) is 0 Å². The Morgan fingerprint density at radius 3 is 2.65 bits per heavy atom. The molecule has 0 radical (unpaired) electrons. The summed E-state index contributed by atoms with van der Waals surface area (Å²) in [5, 5.41) is 13.5. The van der Waals surface area contributed by atoms with Crippen LogP contribution < -0.4 is 0 Å². The van der Waals surface area contributed by atoms with Crippen molar-refractivity contribution in [3.05, 3.63) is 18.0 Å². The van der Waals surface area contributed by atoms with Crippen LogP contribution >= 0.6 is 0 Å². The Kier molecular flexibility index (Phi) is 4.32. The average molecular weight is 281 g/mol. The molecule has 1 fully saturated rings. The van der Waals surface area contributed by atoms with E-state index in [1.54, 1.807) is 11.1 Å². The molecule has 0 aromatic carbocycles. The van der Waals surface area contributed by atoms with Crippen LogP contribution in [0.3, 0.4) is 0 Å². The number of amides is 1. The molecule has 6 heteroatoms. The highest BCUT2D eigenvalue weighted by Crippen LogP contribution is 2.24. The van der Waals surface area contributed by atoms with Crippen molar-refractivity contribution in [2.24, 2.45) is 0 Å². The molecule has 0 bridgehead atoms. The Balaban J connectivity index is 1.91. The van der Waals surface area contributed by atoms with Crippen molar-refractivity contribution >= 4 is 6.09 Å². The van der Waals surface area contributed by atoms with Gasteiger partial charge in [-0.1, -0.05) is 0 Å². The van der Waals surface area contributed by atoms with Gasteiger partial charge in [0.1, 0.15) is 5.60 Å². The van der Waals surface area contributed by atoms with Crippen LogP contribution in [0, 0.1) is 0 Å². The van der Waals surface area contributed by atoms with E-state index in [1.807, 2.05) is 31.5 Å². The molecule has 0 unspecified atom stereocenters. The van der Waals surface area contributed by atoms with Gasteiger partial charge in [0.15, 0.2) is 0 Å². The second-order valence-corrected chi connectivity index (χ2v) is 6.12. The van der Waals surface area contributed by atoms with Gasteiger partial charge in [0.2, 0.25) is 0 Å². The van der Waals surface area contributed by atoms with Crippen molar-refractivity contribution < 1.29 is 14.6 Å². The maximum absolute atomic E-state index is 12.0. The third kappa shape index (κ3) is 3.50. The maximum Gasteiger partial charge on any atom is 0.410 e. The molecule has 1 aliphatic rings. The van der Waals surface area contributed by atoms with E-state index in [-0.39, 0.29) is 18.7 Å². The first-order valence-electron chi connectivity index (χ1n) is 7.02. The van der Waals surface area contributed by atoms with E-state index in [4.69, 9.17) is 4.74 Å². The minimum absolute atomic E-state index is 0.00766. The fraction of sp³-hybridized carbons (Fsp3) is 0.714. The summed E-state index contributed by atoms with van der Waals surface area (Å²) in [6.07, 6.45) is 3.10. The molecular weight excluding hydrogens is 258 g/mol. The SMILES string of the molecule is CC(C)(C)OC(=O)N1CCC(n2nccc2CO)CC1. The molecule has 6 nitrogen and oxygen atoms in total. The third-order valence-electron chi connectivity index (χ3n) is 3.38. The predicted molar refractivity (Wildman–Crippen MR) is 74.2 cm³/mol. The van der Waals surface area contributed by atoms with Crippen molar-refractivity contribution in [2.75, 3.05) is 13.1 Å². The van der Waals surface area contributed by atoms with Crippen molar-refractivity contribution in [1.82, 2.24) is 14.7 Å². The summed E-state index contributed by atoms with van der Waals surface area (Å²) < 4.78 is 7.24. The standard InChI is InChI=1S/C14H23N3O3/c1-14(2,3)20-13(19)16-8-5-11(6-9-16)17-12(10-18)4-7-15-17/h4,7,11,18H,5-6,8-10H2,1-3H3. The van der Waals surface area contributed by atoms with Gasteiger partial charge in [-0.25, -0.2) is 4.79 Å². The van der Waals surface area contributed by atoms with Gasteiger partial charge in [-0.3, -0.25) is 4.68 Å². The van der Waals surface area contributed by atoms with Crippen LogP contribution in [0.5, 0.6) is 0 Å². The molecule has 1 saturated heterocycles. The Morgan fingerprint density at radius 1 is 1.45 bits per heavy atom. The number of aliphatic hydroxyl groups excluding tert-OH is 1. The second kappa shape index (κ2) is 5.83. The fourth-order valence-electron chi connectivity index (χ4n) is 2.42. The predicted octanol–water partition coefficient (Wildman–Crippen LogP) is 1.95. The topological polar surface area (TPSA) is 67.6 Å². The zero-order valence-corrected chi connectivity index (χ0v) is 12.4. The molecule has 0 atom stereocenters. The summed E-state index contributed by atoms with van der Waals surface area (Å²) in [6.45, 7) is 6.92. The smallest absolute Gasteiger partial charge is 0.410 e. The number of hydrogen-bond acceptors (Lipinski definition) is 4. The van der Waals surface area contributed by atoms with Crippen LogP contribution in [0.1, 0.15) is 45.3 Å². The normalized spacial score (nSPS) is 17.3. The zero-order chi connectivity index (χ0) is 14.8. The molecule has 1 aromatic rings. The summed E-state index contributed by atoms with van der Waals surface area (Å²) >= 11 is 0. The van der Waals surface area contributed by atoms with Gasteiger partial charge in [-0.05, 0) is 39.7 Å². The number of aliphatic hydroxyl groups is 1. The second-order valence-electron chi connectivity index (χ2n) is 6.12. The van der Waals surface area contributed by atoms with Crippen LogP contribution in [0.4, 0.5) is 4.79 Å². The van der Waals surface area contributed by atoms with E-state index in [9.17, 15) is 9.90 Å². The minimum atomic E-state index is -0.458. The molecule has 1 aliphatic heterocycles. The Bertz CT molecular complexity index is 456. The number of likely N-dealkylation sites (tertiary alicyclic amines) is 1. The molecule has 0 spiro atoms. The monoisotopic (exact) mass is 281 g/mol. The lowest BCUT2D eigenvalue weighted by Crippen LogP contribution is -2.42. The largest absolute Gasteiger partial charge is 0.444 e. The number of carbonyl (C=O) groups is 1. The van der Waals surface area contributed by atoms with Gasteiger partial charge in [-0.2, -0.15) is 5.10 Å². The van der Waals surface area contributed by atoms with E-state index >= 15 is 0 Å². The molecule has 0 aliphatic carbocycles. The van der Waals surface area contributed by atoms with Gasteiger partial charge < -0.3 is 14.7 Å². The minimum Gasteiger partial charge on any atom is -0.444 e. The van der Waals surface area contributed by atoms with Gasteiger partial charge >= 0.3 is 6.09 Å². The Hall–Kier alpha value is -1.56. The van der Waals surface area contributed by atoms with Crippen LogP contribution in [0.25, 0.3) is 0 Å². The van der Waals surface area contributed by atoms with Gasteiger partial charge in [0, 0.05) is 19.3 Å². The third-order valence-corrected chi connectivity index (χ3v) is 3.38. The first-order chi connectivity index (χ1) is 9.40. The van der Waals surface area contributed by atoms with E-state index in [2.05, 4.69) is 5.10 Å². The first-order valence-corrected chi connectivity index (χ1v) is 7.02. The van der Waals surface area contributed by atoms with E-state index in [0.29, 0.717) is 13.1 Å². The molecule has 2 heterocycles. The molecule has 20 heavy (non-hydrogen) atoms. The number of aromatic nitrogens is 2. The summed E-state index contributed by atoms with van der Waals surface area (Å²) in [7, 11) is 0. The number of carbonyl (C=O) groups excluding carboxylic acids is 1. The van der Waals surface area contributed by atoms with Crippen molar-refractivity contribution in [2.45, 2.75) is 51.9 Å². The quantitative estimate of drug-likeness (QED) is 0.899. The van der Waals surface area contributed by atoms with Crippen LogP contribution in [-0.2, 0) is 11.3 Å². The summed E-state index contributed by atoms with van der Waals surface area (Å²) in [6, 6.07) is 2.06. The van der Waals surface area contributed by atoms with Gasteiger partial charge in [0.25, 0.3) is 0 Å². The number of hydrogen-bond donors (Lipinski definition) is 1. The molecule has 1 aromatic heterocycles. The van der Waals surface area contributed by atoms with Crippen LogP contribution in [-0.4, -0.2) is 44.6 Å². The Morgan fingerprint density at radius 2 is 2.10 bits per heavy atom. The summed E-state index contributed by atoms with van der Waals surface area (Å²) in [5.41, 5.74) is 0.362. The average Bonchev–Trinajstić information content (AvgIpc) is 2.85. The lowest BCUT2D eigenvalue weighted by Gasteiger charge is -2.33. The molecule has 2 rings (SSSR count). The van der Waals surface area contributed by atoms with Crippen LogP contribution in [0.2, 0.25) is 0 Å². The zero-order valence-electron chi connectivity index (χ0n) is 12.4. The van der Waals surface area contributed by atoms with Crippen molar-refractivity contribution in [1.29, 1.82) is 0 Å². The fourth-order valence-corrected chi connectivity index (χ4v) is 2.42. The van der Waals surface area contributed by atoms with Crippen molar-refractivity contribution in [3.63, 3.8) is 0 Å². The number of ether oxygens (including phenoxy) is 1. The van der Waals surface area contributed by atoms with Gasteiger partial charge in [0.05, 0.1) is 18.3 Å². The van der Waals surface area contributed by atoms with Crippen LogP contribution in [0.15, 0.2) is 12.3 Å². The molecule has 1 N–H and O–H groups in total. The summed E-state index contributed by atoms with van der Waals surface area (Å²) in [5.74, 6) is 0. The number of rotatable bonds is 2.